The molecule has 0 aliphatic heterocycles. The van der Waals surface area contributed by atoms with Crippen molar-refractivity contribution in [3.8, 4) is 5.75 Å². The zero-order valence-electron chi connectivity index (χ0n) is 13.0. The Morgan fingerprint density at radius 1 is 1.21 bits per heavy atom. The molecule has 2 aromatic rings. The van der Waals surface area contributed by atoms with Gasteiger partial charge in [0.2, 0.25) is 0 Å². The first-order valence-corrected chi connectivity index (χ1v) is 6.84. The van der Waals surface area contributed by atoms with Crippen LogP contribution in [0.1, 0.15) is 15.9 Å². The summed E-state index contributed by atoms with van der Waals surface area (Å²) in [4.78, 5) is 40.8. The number of aromatic amines is 1. The number of anilines is 1. The molecule has 0 bridgehead atoms. The van der Waals surface area contributed by atoms with Gasteiger partial charge in [0, 0.05) is 23.4 Å². The molecule has 8 heteroatoms. The highest BCUT2D eigenvalue weighted by Crippen LogP contribution is 2.15. The van der Waals surface area contributed by atoms with Gasteiger partial charge in [0.25, 0.3) is 5.91 Å². The number of ether oxygens (including phenoxy) is 2. The zero-order valence-corrected chi connectivity index (χ0v) is 13.0. The molecule has 0 fully saturated rings. The van der Waals surface area contributed by atoms with Gasteiger partial charge in [-0.05, 0) is 30.3 Å². The fourth-order valence-corrected chi connectivity index (χ4v) is 1.79. The summed E-state index contributed by atoms with van der Waals surface area (Å²) in [5, 5.41) is 2.57. The molecule has 1 amide bonds. The second kappa shape index (κ2) is 7.73. The molecule has 2 N–H and O–H groups in total. The maximum Gasteiger partial charge on any atom is 0.346 e. The van der Waals surface area contributed by atoms with Crippen molar-refractivity contribution in [2.45, 2.75) is 0 Å². The SMILES string of the molecule is COC(=O)C=Cc1cnc(=O)[nH]c1NC(=O)c1ccc(OC)cc1. The normalized spacial score (nSPS) is 10.4. The number of H-pyrrole nitrogens is 1. The Bertz CT molecular complexity index is 824. The molecule has 0 atom stereocenters. The molecule has 124 valence electrons. The van der Waals surface area contributed by atoms with Crippen LogP contribution in [0, 0.1) is 0 Å². The molecule has 0 radical (unpaired) electrons. The molecular formula is C16H15N3O5. The Kier molecular flexibility index (Phi) is 5.45. The summed E-state index contributed by atoms with van der Waals surface area (Å²) in [6.07, 6.45) is 3.76. The molecule has 24 heavy (non-hydrogen) atoms. The lowest BCUT2D eigenvalue weighted by molar-refractivity contribution is -0.134. The first kappa shape index (κ1) is 16.9. The van der Waals surface area contributed by atoms with Gasteiger partial charge in [0.1, 0.15) is 11.6 Å². The van der Waals surface area contributed by atoms with Crippen LogP contribution < -0.4 is 15.7 Å². The van der Waals surface area contributed by atoms with E-state index < -0.39 is 17.6 Å². The number of aromatic nitrogens is 2. The molecule has 1 aromatic carbocycles. The third-order valence-corrected chi connectivity index (χ3v) is 3.03. The number of methoxy groups -OCH3 is 2. The van der Waals surface area contributed by atoms with E-state index in [1.807, 2.05) is 0 Å². The Labute approximate surface area is 137 Å². The molecule has 0 aliphatic rings. The average molecular weight is 329 g/mol. The van der Waals surface area contributed by atoms with Crippen LogP contribution in [-0.4, -0.2) is 36.1 Å². The zero-order chi connectivity index (χ0) is 17.5. The van der Waals surface area contributed by atoms with E-state index in [0.717, 1.165) is 6.08 Å². The predicted octanol–water partition coefficient (Wildman–Crippen LogP) is 1.22. The number of amides is 1. The molecule has 2 rings (SSSR count). The van der Waals surface area contributed by atoms with Gasteiger partial charge in [0.05, 0.1) is 14.2 Å². The van der Waals surface area contributed by atoms with Gasteiger partial charge >= 0.3 is 11.7 Å². The van der Waals surface area contributed by atoms with E-state index in [1.54, 1.807) is 24.3 Å². The van der Waals surface area contributed by atoms with Gasteiger partial charge in [-0.1, -0.05) is 0 Å². The van der Waals surface area contributed by atoms with Crippen LogP contribution >= 0.6 is 0 Å². The second-order valence-corrected chi connectivity index (χ2v) is 4.56. The average Bonchev–Trinajstić information content (AvgIpc) is 2.60. The summed E-state index contributed by atoms with van der Waals surface area (Å²) < 4.78 is 9.52. The number of hydrogen-bond donors (Lipinski definition) is 2. The van der Waals surface area contributed by atoms with E-state index in [9.17, 15) is 14.4 Å². The van der Waals surface area contributed by atoms with Crippen LogP contribution in [0.2, 0.25) is 0 Å². The Hall–Kier alpha value is -3.42. The van der Waals surface area contributed by atoms with Gasteiger partial charge in [-0.3, -0.25) is 9.78 Å². The van der Waals surface area contributed by atoms with E-state index in [-0.39, 0.29) is 5.82 Å². The van der Waals surface area contributed by atoms with Gasteiger partial charge in [-0.25, -0.2) is 14.6 Å². The van der Waals surface area contributed by atoms with Crippen molar-refractivity contribution in [1.29, 1.82) is 0 Å². The Morgan fingerprint density at radius 2 is 1.92 bits per heavy atom. The third kappa shape index (κ3) is 4.29. The number of nitrogens with one attached hydrogen (secondary N) is 2. The van der Waals surface area contributed by atoms with Gasteiger partial charge < -0.3 is 14.8 Å². The van der Waals surface area contributed by atoms with Crippen LogP contribution in [0.15, 0.2) is 41.3 Å². The first-order chi connectivity index (χ1) is 11.5. The van der Waals surface area contributed by atoms with Gasteiger partial charge in [-0.2, -0.15) is 0 Å². The van der Waals surface area contributed by atoms with Crippen LogP contribution in [0.4, 0.5) is 5.82 Å². The van der Waals surface area contributed by atoms with Crippen molar-refractivity contribution in [2.24, 2.45) is 0 Å². The number of nitrogens with zero attached hydrogens (tertiary/aromatic N) is 1. The standard InChI is InChI=1S/C16H15N3O5/c1-23-12-6-3-10(4-7-12)15(21)18-14-11(5-8-13(20)24-2)9-17-16(22)19-14/h3-9H,1-2H3,(H2,17,18,19,21,22). The highest BCUT2D eigenvalue weighted by Gasteiger charge is 2.10. The van der Waals surface area contributed by atoms with E-state index in [4.69, 9.17) is 4.74 Å². The van der Waals surface area contributed by atoms with E-state index >= 15 is 0 Å². The first-order valence-electron chi connectivity index (χ1n) is 6.84. The largest absolute Gasteiger partial charge is 0.497 e. The summed E-state index contributed by atoms with van der Waals surface area (Å²) in [5.41, 5.74) is 0.0912. The fourth-order valence-electron chi connectivity index (χ4n) is 1.79. The number of carbonyl (C=O) groups excluding carboxylic acids is 2. The lowest BCUT2D eigenvalue weighted by Gasteiger charge is -2.08. The van der Waals surface area contributed by atoms with E-state index in [2.05, 4.69) is 20.0 Å². The molecule has 0 saturated carbocycles. The Morgan fingerprint density at radius 3 is 2.54 bits per heavy atom. The van der Waals surface area contributed by atoms with E-state index in [0.29, 0.717) is 16.9 Å². The number of esters is 1. The second-order valence-electron chi connectivity index (χ2n) is 4.56. The molecule has 8 nitrogen and oxygen atoms in total. The number of rotatable bonds is 5. The smallest absolute Gasteiger partial charge is 0.346 e. The lowest BCUT2D eigenvalue weighted by atomic mass is 10.2. The maximum atomic E-state index is 12.3. The fraction of sp³-hybridized carbons (Fsp3) is 0.125. The van der Waals surface area contributed by atoms with Crippen molar-refractivity contribution in [3.63, 3.8) is 0 Å². The summed E-state index contributed by atoms with van der Waals surface area (Å²) in [6.45, 7) is 0. The van der Waals surface area contributed by atoms with Crippen molar-refractivity contribution in [2.75, 3.05) is 19.5 Å². The van der Waals surface area contributed by atoms with Gasteiger partial charge in [0.15, 0.2) is 0 Å². The van der Waals surface area contributed by atoms with Crippen molar-refractivity contribution in [1.82, 2.24) is 9.97 Å². The molecule has 0 spiro atoms. The topological polar surface area (TPSA) is 110 Å². The van der Waals surface area contributed by atoms with E-state index in [1.165, 1.54) is 26.5 Å². The number of hydrogen-bond acceptors (Lipinski definition) is 6. The molecule has 0 saturated heterocycles. The third-order valence-electron chi connectivity index (χ3n) is 3.03. The quantitative estimate of drug-likeness (QED) is 0.630. The van der Waals surface area contributed by atoms with Crippen LogP contribution in [0.5, 0.6) is 5.75 Å². The monoisotopic (exact) mass is 329 g/mol. The van der Waals surface area contributed by atoms with Crippen molar-refractivity contribution in [3.05, 3.63) is 58.1 Å². The van der Waals surface area contributed by atoms with Crippen molar-refractivity contribution >= 4 is 23.8 Å². The minimum absolute atomic E-state index is 0.121. The summed E-state index contributed by atoms with van der Waals surface area (Å²) >= 11 is 0. The lowest BCUT2D eigenvalue weighted by Crippen LogP contribution is -2.19. The van der Waals surface area contributed by atoms with Crippen LogP contribution in [0.25, 0.3) is 6.08 Å². The summed E-state index contributed by atoms with van der Waals surface area (Å²) in [6, 6.07) is 6.44. The number of benzene rings is 1. The van der Waals surface area contributed by atoms with Gasteiger partial charge in [-0.15, -0.1) is 0 Å². The minimum atomic E-state index is -0.629. The Balaban J connectivity index is 2.25. The maximum absolute atomic E-state index is 12.3. The number of carbonyl (C=O) groups is 2. The highest BCUT2D eigenvalue weighted by atomic mass is 16.5. The highest BCUT2D eigenvalue weighted by molar-refractivity contribution is 6.04. The summed E-state index contributed by atoms with van der Waals surface area (Å²) in [7, 11) is 2.76. The molecule has 1 heterocycles. The molecule has 1 aromatic heterocycles. The molecule has 0 aliphatic carbocycles. The van der Waals surface area contributed by atoms with Crippen LogP contribution in [-0.2, 0) is 9.53 Å². The molecule has 0 unspecified atom stereocenters. The summed E-state index contributed by atoms with van der Waals surface area (Å²) in [5.74, 6) is -0.276. The van der Waals surface area contributed by atoms with Crippen molar-refractivity contribution < 1.29 is 19.1 Å². The van der Waals surface area contributed by atoms with Crippen LogP contribution in [0.3, 0.4) is 0 Å². The minimum Gasteiger partial charge on any atom is -0.497 e. The predicted molar refractivity (Wildman–Crippen MR) is 86.9 cm³/mol. The molecular weight excluding hydrogens is 314 g/mol.